The van der Waals surface area contributed by atoms with Gasteiger partial charge in [0.25, 0.3) is 0 Å². The lowest BCUT2D eigenvalue weighted by molar-refractivity contribution is -0.318. The van der Waals surface area contributed by atoms with Crippen LogP contribution in [0.1, 0.15) is 6.92 Å². The van der Waals surface area contributed by atoms with E-state index in [9.17, 15) is 35.4 Å². The molecule has 0 aromatic rings. The maximum atomic E-state index is 11.1. The quantitative estimate of drug-likeness (QED) is 0.226. The molecule has 12 heteroatoms. The van der Waals surface area contributed by atoms with E-state index in [0.29, 0.717) is 0 Å². The monoisotopic (exact) mass is 383 g/mol. The molecule has 2 aliphatic rings. The van der Waals surface area contributed by atoms with Gasteiger partial charge < -0.3 is 55.3 Å². The molecular formula is C14H25NO11. The van der Waals surface area contributed by atoms with Crippen molar-refractivity contribution in [3.8, 4) is 0 Å². The number of carbonyl (C=O) groups is 1. The van der Waals surface area contributed by atoms with Crippen molar-refractivity contribution in [3.05, 3.63) is 0 Å². The number of aliphatic hydroxyl groups excluding tert-OH is 7. The molecule has 2 rings (SSSR count). The normalized spacial score (nSPS) is 46.8. The molecule has 26 heavy (non-hydrogen) atoms. The third-order valence-corrected chi connectivity index (χ3v) is 4.36. The second-order valence-corrected chi connectivity index (χ2v) is 6.30. The predicted molar refractivity (Wildman–Crippen MR) is 80.2 cm³/mol. The number of hydrogen-bond acceptors (Lipinski definition) is 11. The first kappa shape index (κ1) is 21.4. The van der Waals surface area contributed by atoms with Gasteiger partial charge in [-0.15, -0.1) is 0 Å². The van der Waals surface area contributed by atoms with Gasteiger partial charge in [-0.3, -0.25) is 4.79 Å². The highest BCUT2D eigenvalue weighted by molar-refractivity contribution is 5.73. The highest BCUT2D eigenvalue weighted by Gasteiger charge is 2.47. The summed E-state index contributed by atoms with van der Waals surface area (Å²) in [6, 6.07) is -1.24. The summed E-state index contributed by atoms with van der Waals surface area (Å²) < 4.78 is 15.5. The first-order valence-corrected chi connectivity index (χ1v) is 8.06. The van der Waals surface area contributed by atoms with Crippen LogP contribution in [0.2, 0.25) is 0 Å². The lowest BCUT2D eigenvalue weighted by Gasteiger charge is -2.42. The van der Waals surface area contributed by atoms with E-state index in [2.05, 4.69) is 5.32 Å². The van der Waals surface area contributed by atoms with Gasteiger partial charge in [-0.1, -0.05) is 0 Å². The molecule has 0 saturated carbocycles. The fraction of sp³-hybridized carbons (Fsp3) is 0.929. The van der Waals surface area contributed by atoms with Crippen LogP contribution < -0.4 is 5.32 Å². The Kier molecular flexibility index (Phi) is 7.27. The molecule has 152 valence electrons. The number of rotatable bonds is 5. The molecule has 0 spiro atoms. The van der Waals surface area contributed by atoms with Crippen molar-refractivity contribution in [2.75, 3.05) is 13.2 Å². The summed E-state index contributed by atoms with van der Waals surface area (Å²) in [6.07, 6.45) is -13.4. The molecule has 12 nitrogen and oxygen atoms in total. The Morgan fingerprint density at radius 1 is 0.923 bits per heavy atom. The van der Waals surface area contributed by atoms with Gasteiger partial charge in [-0.25, -0.2) is 0 Å². The zero-order valence-corrected chi connectivity index (χ0v) is 14.0. The van der Waals surface area contributed by atoms with Crippen molar-refractivity contribution in [3.63, 3.8) is 0 Å². The highest BCUT2D eigenvalue weighted by Crippen LogP contribution is 2.24. The Hall–Kier alpha value is -0.930. The van der Waals surface area contributed by atoms with E-state index < -0.39 is 80.5 Å². The van der Waals surface area contributed by atoms with E-state index in [-0.39, 0.29) is 0 Å². The molecule has 0 aliphatic carbocycles. The van der Waals surface area contributed by atoms with Crippen molar-refractivity contribution in [1.82, 2.24) is 5.32 Å². The third-order valence-electron chi connectivity index (χ3n) is 4.36. The van der Waals surface area contributed by atoms with E-state index in [0.717, 1.165) is 0 Å². The van der Waals surface area contributed by atoms with Crippen LogP contribution in [0.5, 0.6) is 0 Å². The van der Waals surface area contributed by atoms with Gasteiger partial charge in [0, 0.05) is 6.92 Å². The zero-order valence-electron chi connectivity index (χ0n) is 14.0. The fourth-order valence-electron chi connectivity index (χ4n) is 2.87. The second-order valence-electron chi connectivity index (χ2n) is 6.30. The summed E-state index contributed by atoms with van der Waals surface area (Å²) in [4.78, 5) is 11.1. The number of amides is 1. The molecule has 1 amide bonds. The molecule has 8 N–H and O–H groups in total. The van der Waals surface area contributed by atoms with Crippen molar-refractivity contribution < 1.29 is 54.8 Å². The summed E-state index contributed by atoms with van der Waals surface area (Å²) in [7, 11) is 0. The molecule has 10 atom stereocenters. The molecular weight excluding hydrogens is 358 g/mol. The number of hydrogen-bond donors (Lipinski definition) is 8. The van der Waals surface area contributed by atoms with Crippen LogP contribution in [0, 0.1) is 0 Å². The van der Waals surface area contributed by atoms with Crippen molar-refractivity contribution >= 4 is 5.91 Å². The number of carbonyl (C=O) groups excluding carboxylic acids is 1. The van der Waals surface area contributed by atoms with Crippen LogP contribution in [-0.4, -0.2) is 116 Å². The van der Waals surface area contributed by atoms with Crippen molar-refractivity contribution in [2.24, 2.45) is 0 Å². The summed E-state index contributed by atoms with van der Waals surface area (Å²) in [6.45, 7) is 0.0636. The Bertz CT molecular complexity index is 478. The van der Waals surface area contributed by atoms with Crippen LogP contribution in [-0.2, 0) is 19.0 Å². The lowest BCUT2D eigenvalue weighted by Crippen LogP contribution is -2.64. The molecule has 2 unspecified atom stereocenters. The Balaban J connectivity index is 1.95. The van der Waals surface area contributed by atoms with Gasteiger partial charge in [0.2, 0.25) is 5.91 Å². The Morgan fingerprint density at radius 2 is 1.54 bits per heavy atom. The minimum Gasteiger partial charge on any atom is -0.394 e. The highest BCUT2D eigenvalue weighted by atomic mass is 16.7. The van der Waals surface area contributed by atoms with Crippen LogP contribution in [0.25, 0.3) is 0 Å². The maximum Gasteiger partial charge on any atom is 0.217 e. The van der Waals surface area contributed by atoms with Gasteiger partial charge in [0.15, 0.2) is 12.6 Å². The van der Waals surface area contributed by atoms with E-state index >= 15 is 0 Å². The van der Waals surface area contributed by atoms with E-state index in [4.69, 9.17) is 19.3 Å². The molecule has 2 fully saturated rings. The minimum absolute atomic E-state index is 0.467. The molecule has 0 radical (unpaired) electrons. The number of ether oxygens (including phenoxy) is 3. The van der Waals surface area contributed by atoms with Crippen LogP contribution >= 0.6 is 0 Å². The summed E-state index contributed by atoms with van der Waals surface area (Å²) in [5.74, 6) is -0.542. The molecule has 2 heterocycles. The van der Waals surface area contributed by atoms with Gasteiger partial charge >= 0.3 is 0 Å². The van der Waals surface area contributed by atoms with E-state index in [1.807, 2.05) is 0 Å². The third kappa shape index (κ3) is 4.48. The van der Waals surface area contributed by atoms with Gasteiger partial charge in [-0.05, 0) is 0 Å². The van der Waals surface area contributed by atoms with Gasteiger partial charge in [0.1, 0.15) is 48.8 Å². The van der Waals surface area contributed by atoms with E-state index in [1.54, 1.807) is 0 Å². The summed E-state index contributed by atoms with van der Waals surface area (Å²) >= 11 is 0. The van der Waals surface area contributed by atoms with Crippen molar-refractivity contribution in [1.29, 1.82) is 0 Å². The molecule has 2 aliphatic heterocycles. The number of nitrogens with one attached hydrogen (secondary N) is 1. The zero-order chi connectivity index (χ0) is 19.6. The Labute approximate surface area is 148 Å². The molecule has 0 aromatic carbocycles. The minimum atomic E-state index is -1.64. The Morgan fingerprint density at radius 3 is 2.12 bits per heavy atom. The number of aliphatic hydroxyl groups is 7. The average Bonchev–Trinajstić information content (AvgIpc) is 2.59. The topological polar surface area (TPSA) is 198 Å². The first-order chi connectivity index (χ1) is 12.2. The maximum absolute atomic E-state index is 11.1. The fourth-order valence-corrected chi connectivity index (χ4v) is 2.87. The predicted octanol–water partition coefficient (Wildman–Crippen LogP) is -5.25. The van der Waals surface area contributed by atoms with Crippen LogP contribution in [0.4, 0.5) is 0 Å². The molecule has 0 bridgehead atoms. The van der Waals surface area contributed by atoms with E-state index in [1.165, 1.54) is 6.92 Å². The SMILES string of the molecule is CC(=O)N[C@H]1[C@@H](O)[C@@H](O)C(CO[C@@H]2OC(CO)[C@H](O)[C@H](O)[C@@H]2O)O[C@@H]1O. The first-order valence-electron chi connectivity index (χ1n) is 8.06. The lowest BCUT2D eigenvalue weighted by atomic mass is 9.97. The average molecular weight is 383 g/mol. The van der Waals surface area contributed by atoms with Gasteiger partial charge in [0.05, 0.1) is 13.2 Å². The largest absolute Gasteiger partial charge is 0.394 e. The molecule has 0 aromatic heterocycles. The van der Waals surface area contributed by atoms with Crippen molar-refractivity contribution in [2.45, 2.75) is 68.3 Å². The summed E-state index contributed by atoms with van der Waals surface area (Å²) in [5, 5.41) is 70.6. The second kappa shape index (κ2) is 8.84. The van der Waals surface area contributed by atoms with Gasteiger partial charge in [-0.2, -0.15) is 0 Å². The molecule has 2 saturated heterocycles. The van der Waals surface area contributed by atoms with Crippen LogP contribution in [0.15, 0.2) is 0 Å². The summed E-state index contributed by atoms with van der Waals surface area (Å²) in [5.41, 5.74) is 0. The van der Waals surface area contributed by atoms with Crippen LogP contribution in [0.3, 0.4) is 0 Å². The standard InChI is InChI=1S/C14H25NO11/c1-4(17)15-7-10(20)9(19)6(25-13(7)23)3-24-14-12(22)11(21)8(18)5(2-16)26-14/h5-14,16,18-23H,2-3H2,1H3,(H,15,17)/t5?,6?,7-,8-,9-,10+,11-,12-,13-,14+/m0/s1. The smallest absolute Gasteiger partial charge is 0.217 e.